The highest BCUT2D eigenvalue weighted by Gasteiger charge is 2.07. The van der Waals surface area contributed by atoms with Gasteiger partial charge in [-0.1, -0.05) is 54.6 Å². The lowest BCUT2D eigenvalue weighted by atomic mass is 10.1. The second kappa shape index (κ2) is 9.87. The summed E-state index contributed by atoms with van der Waals surface area (Å²) in [5.74, 6) is -0.103. The van der Waals surface area contributed by atoms with E-state index in [9.17, 15) is 4.79 Å². The first-order valence-corrected chi connectivity index (χ1v) is 10.3. The molecule has 3 aromatic carbocycles. The number of carbonyl (C=O) groups is 1. The van der Waals surface area contributed by atoms with Crippen LogP contribution in [0.2, 0.25) is 0 Å². The van der Waals surface area contributed by atoms with Gasteiger partial charge in [-0.15, -0.1) is 0 Å². The molecule has 0 spiro atoms. The maximum atomic E-state index is 12.5. The molecule has 1 N–H and O–H groups in total. The maximum Gasteiger partial charge on any atom is 0.251 e. The molecule has 0 unspecified atom stereocenters. The standard InChI is InChI=1S/C26H25N3O2/c1-20-15-28-29(17-20)25-12-10-24(11-13-25)26(30)27-16-22-8-5-9-23(14-22)19-31-18-21-6-3-2-4-7-21/h2-15,17H,16,18-19H2,1H3,(H,27,30). The van der Waals surface area contributed by atoms with Gasteiger partial charge in [0.2, 0.25) is 0 Å². The highest BCUT2D eigenvalue weighted by molar-refractivity contribution is 5.94. The van der Waals surface area contributed by atoms with E-state index in [0.717, 1.165) is 27.9 Å². The Bertz CT molecular complexity index is 1130. The Balaban J connectivity index is 1.29. The molecule has 0 atom stereocenters. The average molecular weight is 412 g/mol. The summed E-state index contributed by atoms with van der Waals surface area (Å²) in [4.78, 5) is 12.5. The van der Waals surface area contributed by atoms with Gasteiger partial charge < -0.3 is 10.1 Å². The minimum absolute atomic E-state index is 0.103. The van der Waals surface area contributed by atoms with Crippen LogP contribution in [0.3, 0.4) is 0 Å². The predicted molar refractivity (Wildman–Crippen MR) is 121 cm³/mol. The first kappa shape index (κ1) is 20.6. The fourth-order valence-corrected chi connectivity index (χ4v) is 3.29. The lowest BCUT2D eigenvalue weighted by molar-refractivity contribution is 0.0951. The number of nitrogens with one attached hydrogen (secondary N) is 1. The molecule has 4 aromatic rings. The number of aromatic nitrogens is 2. The highest BCUT2D eigenvalue weighted by Crippen LogP contribution is 2.12. The van der Waals surface area contributed by atoms with Crippen LogP contribution in [0.1, 0.15) is 32.6 Å². The van der Waals surface area contributed by atoms with Gasteiger partial charge in [0.25, 0.3) is 5.91 Å². The Labute approximate surface area is 182 Å². The average Bonchev–Trinajstić information content (AvgIpc) is 3.25. The Hall–Kier alpha value is -3.70. The lowest BCUT2D eigenvalue weighted by Crippen LogP contribution is -2.22. The Morgan fingerprint density at radius 3 is 2.35 bits per heavy atom. The van der Waals surface area contributed by atoms with Crippen LogP contribution in [-0.2, 0) is 24.5 Å². The largest absolute Gasteiger partial charge is 0.372 e. The van der Waals surface area contributed by atoms with Crippen LogP contribution >= 0.6 is 0 Å². The van der Waals surface area contributed by atoms with E-state index in [4.69, 9.17) is 4.74 Å². The fourth-order valence-electron chi connectivity index (χ4n) is 3.29. The van der Waals surface area contributed by atoms with Gasteiger partial charge in [0, 0.05) is 18.3 Å². The molecule has 1 heterocycles. The molecule has 4 rings (SSSR count). The van der Waals surface area contributed by atoms with Gasteiger partial charge in [-0.2, -0.15) is 5.10 Å². The van der Waals surface area contributed by atoms with Gasteiger partial charge in [0.1, 0.15) is 0 Å². The summed E-state index contributed by atoms with van der Waals surface area (Å²) in [6.07, 6.45) is 3.76. The second-order valence-corrected chi connectivity index (χ2v) is 7.49. The van der Waals surface area contributed by atoms with Crippen molar-refractivity contribution in [1.29, 1.82) is 0 Å². The van der Waals surface area contributed by atoms with E-state index in [1.54, 1.807) is 10.9 Å². The number of rotatable bonds is 8. The summed E-state index contributed by atoms with van der Waals surface area (Å²) in [5, 5.41) is 7.27. The lowest BCUT2D eigenvalue weighted by Gasteiger charge is -2.09. The van der Waals surface area contributed by atoms with E-state index in [1.807, 2.05) is 73.8 Å². The van der Waals surface area contributed by atoms with E-state index in [1.165, 1.54) is 0 Å². The molecule has 0 radical (unpaired) electrons. The summed E-state index contributed by atoms with van der Waals surface area (Å²) in [5.41, 5.74) is 5.91. The van der Waals surface area contributed by atoms with Gasteiger partial charge in [-0.25, -0.2) is 4.68 Å². The molecule has 5 heteroatoms. The molecule has 0 saturated carbocycles. The zero-order valence-electron chi connectivity index (χ0n) is 17.5. The van der Waals surface area contributed by atoms with Crippen LogP contribution in [0.4, 0.5) is 0 Å². The van der Waals surface area contributed by atoms with Crippen molar-refractivity contribution in [2.45, 2.75) is 26.7 Å². The van der Waals surface area contributed by atoms with Gasteiger partial charge in [0.15, 0.2) is 0 Å². The third-order valence-electron chi connectivity index (χ3n) is 4.93. The molecular weight excluding hydrogens is 386 g/mol. The van der Waals surface area contributed by atoms with Gasteiger partial charge in [-0.05, 0) is 53.4 Å². The molecule has 0 fully saturated rings. The molecule has 1 aromatic heterocycles. The SMILES string of the molecule is Cc1cnn(-c2ccc(C(=O)NCc3cccc(COCc4ccccc4)c3)cc2)c1. The van der Waals surface area contributed by atoms with Crippen molar-refractivity contribution in [1.82, 2.24) is 15.1 Å². The smallest absolute Gasteiger partial charge is 0.251 e. The molecule has 0 saturated heterocycles. The van der Waals surface area contributed by atoms with Crippen LogP contribution in [0.15, 0.2) is 91.3 Å². The number of benzene rings is 3. The third kappa shape index (κ3) is 5.68. The normalized spacial score (nSPS) is 10.7. The third-order valence-corrected chi connectivity index (χ3v) is 4.93. The van der Waals surface area contributed by atoms with Crippen molar-refractivity contribution in [2.75, 3.05) is 0 Å². The van der Waals surface area contributed by atoms with Gasteiger partial charge in [0.05, 0.1) is 25.1 Å². The number of nitrogens with zero attached hydrogens (tertiary/aromatic N) is 2. The Kier molecular flexibility index (Phi) is 6.55. The van der Waals surface area contributed by atoms with E-state index in [2.05, 4.69) is 28.6 Å². The van der Waals surface area contributed by atoms with Gasteiger partial charge >= 0.3 is 0 Å². The van der Waals surface area contributed by atoms with Crippen molar-refractivity contribution in [3.8, 4) is 5.69 Å². The van der Waals surface area contributed by atoms with Crippen molar-refractivity contribution in [3.63, 3.8) is 0 Å². The number of ether oxygens (including phenoxy) is 1. The number of amides is 1. The molecule has 156 valence electrons. The first-order chi connectivity index (χ1) is 15.2. The molecule has 0 bridgehead atoms. The summed E-state index contributed by atoms with van der Waals surface area (Å²) in [7, 11) is 0. The van der Waals surface area contributed by atoms with Crippen molar-refractivity contribution < 1.29 is 9.53 Å². The number of hydrogen-bond donors (Lipinski definition) is 1. The molecule has 0 aliphatic rings. The second-order valence-electron chi connectivity index (χ2n) is 7.49. The predicted octanol–water partition coefficient (Wildman–Crippen LogP) is 4.83. The summed E-state index contributed by atoms with van der Waals surface area (Å²) in [6.45, 7) is 3.57. The maximum absolute atomic E-state index is 12.5. The quantitative estimate of drug-likeness (QED) is 0.452. The highest BCUT2D eigenvalue weighted by atomic mass is 16.5. The van der Waals surface area contributed by atoms with Crippen LogP contribution < -0.4 is 5.32 Å². The molecule has 0 aliphatic carbocycles. The zero-order chi connectivity index (χ0) is 21.5. The number of aryl methyl sites for hydroxylation is 1. The molecule has 1 amide bonds. The van der Waals surface area contributed by atoms with Crippen molar-refractivity contribution >= 4 is 5.91 Å². The molecular formula is C26H25N3O2. The molecule has 0 aliphatic heterocycles. The van der Waals surface area contributed by atoms with Crippen molar-refractivity contribution in [2.24, 2.45) is 0 Å². The van der Waals surface area contributed by atoms with E-state index in [0.29, 0.717) is 25.3 Å². The summed E-state index contributed by atoms with van der Waals surface area (Å²) >= 11 is 0. The minimum Gasteiger partial charge on any atom is -0.372 e. The van der Waals surface area contributed by atoms with E-state index >= 15 is 0 Å². The van der Waals surface area contributed by atoms with Gasteiger partial charge in [-0.3, -0.25) is 4.79 Å². The summed E-state index contributed by atoms with van der Waals surface area (Å²) in [6, 6.07) is 25.6. The minimum atomic E-state index is -0.103. The molecule has 31 heavy (non-hydrogen) atoms. The first-order valence-electron chi connectivity index (χ1n) is 10.3. The fraction of sp³-hybridized carbons (Fsp3) is 0.154. The number of hydrogen-bond acceptors (Lipinski definition) is 3. The Morgan fingerprint density at radius 2 is 1.61 bits per heavy atom. The van der Waals surface area contributed by atoms with Crippen LogP contribution in [0.5, 0.6) is 0 Å². The van der Waals surface area contributed by atoms with Crippen LogP contribution in [0, 0.1) is 6.92 Å². The Morgan fingerprint density at radius 1 is 0.903 bits per heavy atom. The monoisotopic (exact) mass is 411 g/mol. The number of carbonyl (C=O) groups excluding carboxylic acids is 1. The topological polar surface area (TPSA) is 56.2 Å². The van der Waals surface area contributed by atoms with E-state index < -0.39 is 0 Å². The zero-order valence-corrected chi connectivity index (χ0v) is 17.5. The van der Waals surface area contributed by atoms with Crippen molar-refractivity contribution in [3.05, 3.63) is 119 Å². The van der Waals surface area contributed by atoms with E-state index in [-0.39, 0.29) is 5.91 Å². The molecule has 5 nitrogen and oxygen atoms in total. The summed E-state index contributed by atoms with van der Waals surface area (Å²) < 4.78 is 7.60. The van der Waals surface area contributed by atoms with Crippen LogP contribution in [0.25, 0.3) is 5.69 Å². The van der Waals surface area contributed by atoms with Crippen LogP contribution in [-0.4, -0.2) is 15.7 Å².